The summed E-state index contributed by atoms with van der Waals surface area (Å²) < 4.78 is 0. The van der Waals surface area contributed by atoms with Crippen LogP contribution in [-0.2, 0) is 0 Å². The van der Waals surface area contributed by atoms with Gasteiger partial charge < -0.3 is 0 Å². The molecular weight excluding hydrogens is 186 g/mol. The number of fused-ring (bicyclic) bond motifs is 1. The summed E-state index contributed by atoms with van der Waals surface area (Å²) in [6, 6.07) is 10.3. The predicted molar refractivity (Wildman–Crippen MR) is 62.1 cm³/mol. The maximum absolute atomic E-state index is 5.54. The lowest BCUT2D eigenvalue weighted by molar-refractivity contribution is 0.542. The van der Waals surface area contributed by atoms with Crippen LogP contribution in [-0.4, -0.2) is 4.98 Å². The summed E-state index contributed by atoms with van der Waals surface area (Å²) in [6.45, 7) is 2.11. The van der Waals surface area contributed by atoms with Gasteiger partial charge in [-0.25, -0.2) is 0 Å². The van der Waals surface area contributed by atoms with Crippen molar-refractivity contribution in [2.75, 3.05) is 0 Å². The summed E-state index contributed by atoms with van der Waals surface area (Å²) in [5.74, 6) is 5.54. The highest BCUT2D eigenvalue weighted by Crippen LogP contribution is 2.23. The number of benzene rings is 1. The van der Waals surface area contributed by atoms with Crippen molar-refractivity contribution >= 4 is 10.9 Å². The number of hydrazine groups is 1. The zero-order chi connectivity index (χ0) is 10.7. The first-order valence-electron chi connectivity index (χ1n) is 5.16. The Hall–Kier alpha value is -1.45. The fourth-order valence-electron chi connectivity index (χ4n) is 1.85. The molecule has 1 atom stereocenters. The third kappa shape index (κ3) is 1.84. The van der Waals surface area contributed by atoms with Crippen molar-refractivity contribution in [3.05, 3.63) is 42.1 Å². The quantitative estimate of drug-likeness (QED) is 0.591. The molecule has 3 heteroatoms. The molecule has 78 valence electrons. The van der Waals surface area contributed by atoms with Gasteiger partial charge in [0.15, 0.2) is 0 Å². The Kier molecular flexibility index (Phi) is 2.94. The number of para-hydroxylation sites is 1. The van der Waals surface area contributed by atoms with E-state index in [0.717, 1.165) is 11.9 Å². The van der Waals surface area contributed by atoms with E-state index >= 15 is 0 Å². The van der Waals surface area contributed by atoms with Crippen molar-refractivity contribution in [1.82, 2.24) is 10.4 Å². The van der Waals surface area contributed by atoms with E-state index in [1.165, 1.54) is 10.9 Å². The second-order valence-corrected chi connectivity index (χ2v) is 3.54. The fraction of sp³-hybridized carbons (Fsp3) is 0.250. The van der Waals surface area contributed by atoms with E-state index in [4.69, 9.17) is 5.84 Å². The summed E-state index contributed by atoms with van der Waals surface area (Å²) >= 11 is 0. The molecule has 0 aliphatic heterocycles. The monoisotopic (exact) mass is 201 g/mol. The standard InChI is InChI=1S/C12H15N3/c1-2-11(15-13)10-7-8-14-12-6-4-3-5-9(10)12/h3-8,11,15H,2,13H2,1H3. The van der Waals surface area contributed by atoms with Crippen LogP contribution in [0.4, 0.5) is 0 Å². The molecule has 0 fully saturated rings. The lowest BCUT2D eigenvalue weighted by Crippen LogP contribution is -2.27. The minimum atomic E-state index is 0.192. The minimum absolute atomic E-state index is 0.192. The molecule has 0 amide bonds. The zero-order valence-corrected chi connectivity index (χ0v) is 8.77. The van der Waals surface area contributed by atoms with E-state index in [-0.39, 0.29) is 6.04 Å². The molecule has 1 unspecified atom stereocenters. The number of nitrogens with one attached hydrogen (secondary N) is 1. The van der Waals surface area contributed by atoms with E-state index in [2.05, 4.69) is 23.4 Å². The lowest BCUT2D eigenvalue weighted by atomic mass is 10.0. The highest BCUT2D eigenvalue weighted by molar-refractivity contribution is 5.82. The molecule has 0 bridgehead atoms. The van der Waals surface area contributed by atoms with Crippen LogP contribution in [0.1, 0.15) is 24.9 Å². The lowest BCUT2D eigenvalue weighted by Gasteiger charge is -2.15. The maximum Gasteiger partial charge on any atom is 0.0705 e. The van der Waals surface area contributed by atoms with Crippen LogP contribution < -0.4 is 11.3 Å². The smallest absolute Gasteiger partial charge is 0.0705 e. The van der Waals surface area contributed by atoms with Crippen LogP contribution in [0.3, 0.4) is 0 Å². The first-order chi connectivity index (χ1) is 7.36. The predicted octanol–water partition coefficient (Wildman–Crippen LogP) is 2.15. The Labute approximate surface area is 89.3 Å². The molecule has 1 aromatic carbocycles. The van der Waals surface area contributed by atoms with Gasteiger partial charge in [-0.2, -0.15) is 0 Å². The number of nitrogens with zero attached hydrogens (tertiary/aromatic N) is 1. The summed E-state index contributed by atoms with van der Waals surface area (Å²) in [6.07, 6.45) is 2.79. The van der Waals surface area contributed by atoms with Gasteiger partial charge in [0.05, 0.1) is 5.52 Å². The van der Waals surface area contributed by atoms with Crippen molar-refractivity contribution in [2.24, 2.45) is 5.84 Å². The molecular formula is C12H15N3. The highest BCUT2D eigenvalue weighted by atomic mass is 15.2. The number of hydrogen-bond donors (Lipinski definition) is 2. The third-order valence-electron chi connectivity index (χ3n) is 2.67. The van der Waals surface area contributed by atoms with E-state index in [1.54, 1.807) is 0 Å². The summed E-state index contributed by atoms with van der Waals surface area (Å²) in [4.78, 5) is 4.32. The molecule has 2 aromatic rings. The Balaban J connectivity index is 2.59. The van der Waals surface area contributed by atoms with Crippen molar-refractivity contribution in [1.29, 1.82) is 0 Å². The van der Waals surface area contributed by atoms with Crippen LogP contribution in [0, 0.1) is 0 Å². The molecule has 1 aromatic heterocycles. The van der Waals surface area contributed by atoms with Gasteiger partial charge in [-0.1, -0.05) is 25.1 Å². The van der Waals surface area contributed by atoms with Crippen LogP contribution in [0.15, 0.2) is 36.5 Å². The average molecular weight is 201 g/mol. The molecule has 3 nitrogen and oxygen atoms in total. The first-order valence-corrected chi connectivity index (χ1v) is 5.16. The molecule has 0 spiro atoms. The number of hydrogen-bond acceptors (Lipinski definition) is 3. The Morgan fingerprint density at radius 3 is 2.87 bits per heavy atom. The van der Waals surface area contributed by atoms with E-state index in [0.29, 0.717) is 0 Å². The Morgan fingerprint density at radius 2 is 2.13 bits per heavy atom. The number of pyridine rings is 1. The van der Waals surface area contributed by atoms with E-state index in [9.17, 15) is 0 Å². The largest absolute Gasteiger partial charge is 0.271 e. The normalized spacial score (nSPS) is 12.9. The average Bonchev–Trinajstić information content (AvgIpc) is 2.31. The number of rotatable bonds is 3. The molecule has 0 radical (unpaired) electrons. The molecule has 3 N–H and O–H groups in total. The van der Waals surface area contributed by atoms with Crippen molar-refractivity contribution < 1.29 is 0 Å². The van der Waals surface area contributed by atoms with E-state index < -0.39 is 0 Å². The molecule has 0 saturated carbocycles. The molecule has 0 aliphatic carbocycles. The van der Waals surface area contributed by atoms with E-state index in [1.807, 2.05) is 30.5 Å². The second kappa shape index (κ2) is 4.38. The molecule has 0 saturated heterocycles. The Bertz CT molecular complexity index is 444. The van der Waals surface area contributed by atoms with Crippen LogP contribution in [0.25, 0.3) is 10.9 Å². The van der Waals surface area contributed by atoms with Crippen LogP contribution in [0.2, 0.25) is 0 Å². The van der Waals surface area contributed by atoms with Gasteiger partial charge in [0.25, 0.3) is 0 Å². The maximum atomic E-state index is 5.54. The van der Waals surface area contributed by atoms with Gasteiger partial charge in [0, 0.05) is 17.6 Å². The molecule has 15 heavy (non-hydrogen) atoms. The summed E-state index contributed by atoms with van der Waals surface area (Å²) in [5, 5.41) is 1.17. The SMILES string of the molecule is CCC(NN)c1ccnc2ccccc12. The van der Waals surface area contributed by atoms with Gasteiger partial charge in [-0.3, -0.25) is 16.3 Å². The fourth-order valence-corrected chi connectivity index (χ4v) is 1.85. The van der Waals surface area contributed by atoms with Crippen molar-refractivity contribution in [3.8, 4) is 0 Å². The number of nitrogens with two attached hydrogens (primary N) is 1. The second-order valence-electron chi connectivity index (χ2n) is 3.54. The van der Waals surface area contributed by atoms with Gasteiger partial charge in [-0.05, 0) is 24.1 Å². The van der Waals surface area contributed by atoms with Crippen LogP contribution >= 0.6 is 0 Å². The molecule has 1 heterocycles. The van der Waals surface area contributed by atoms with Gasteiger partial charge >= 0.3 is 0 Å². The van der Waals surface area contributed by atoms with Gasteiger partial charge in [0.1, 0.15) is 0 Å². The topological polar surface area (TPSA) is 50.9 Å². The summed E-state index contributed by atoms with van der Waals surface area (Å²) in [5.41, 5.74) is 5.06. The Morgan fingerprint density at radius 1 is 1.33 bits per heavy atom. The number of aromatic nitrogens is 1. The third-order valence-corrected chi connectivity index (χ3v) is 2.67. The molecule has 2 rings (SSSR count). The molecule has 0 aliphatic rings. The highest BCUT2D eigenvalue weighted by Gasteiger charge is 2.10. The minimum Gasteiger partial charge on any atom is -0.271 e. The summed E-state index contributed by atoms with van der Waals surface area (Å²) in [7, 11) is 0. The zero-order valence-electron chi connectivity index (χ0n) is 8.77. The van der Waals surface area contributed by atoms with Crippen molar-refractivity contribution in [3.63, 3.8) is 0 Å². The van der Waals surface area contributed by atoms with Crippen molar-refractivity contribution in [2.45, 2.75) is 19.4 Å². The van der Waals surface area contributed by atoms with Gasteiger partial charge in [0.2, 0.25) is 0 Å². The first kappa shape index (κ1) is 10.1. The van der Waals surface area contributed by atoms with Gasteiger partial charge in [-0.15, -0.1) is 0 Å². The van der Waals surface area contributed by atoms with Crippen LogP contribution in [0.5, 0.6) is 0 Å².